The molecular formula is C22H19ClFNO2. The van der Waals surface area contributed by atoms with Crippen LogP contribution in [-0.2, 0) is 6.61 Å². The van der Waals surface area contributed by atoms with Crippen molar-refractivity contribution in [2.75, 3.05) is 6.61 Å². The molecule has 0 unspecified atom stereocenters. The Morgan fingerprint density at radius 3 is 2.41 bits per heavy atom. The van der Waals surface area contributed by atoms with Gasteiger partial charge >= 0.3 is 0 Å². The Bertz CT molecular complexity index is 909. The van der Waals surface area contributed by atoms with Gasteiger partial charge in [-0.3, -0.25) is 4.99 Å². The van der Waals surface area contributed by atoms with Gasteiger partial charge in [0, 0.05) is 16.8 Å². The van der Waals surface area contributed by atoms with Gasteiger partial charge in [-0.05, 0) is 67.1 Å². The molecular weight excluding hydrogens is 365 g/mol. The van der Waals surface area contributed by atoms with E-state index in [-0.39, 0.29) is 5.82 Å². The Morgan fingerprint density at radius 1 is 0.963 bits per heavy atom. The Morgan fingerprint density at radius 2 is 1.70 bits per heavy atom. The quantitative estimate of drug-likeness (QED) is 0.454. The predicted octanol–water partition coefficient (Wildman–Crippen LogP) is 6.21. The molecule has 3 aromatic rings. The normalized spacial score (nSPS) is 10.9. The minimum atomic E-state index is -0.270. The van der Waals surface area contributed by atoms with Crippen LogP contribution in [0.5, 0.6) is 11.5 Å². The van der Waals surface area contributed by atoms with Crippen LogP contribution in [0.1, 0.15) is 18.1 Å². The maximum atomic E-state index is 13.0. The van der Waals surface area contributed by atoms with Gasteiger partial charge in [0.15, 0.2) is 0 Å². The summed E-state index contributed by atoms with van der Waals surface area (Å²) in [5.74, 6) is 1.19. The topological polar surface area (TPSA) is 30.8 Å². The highest BCUT2D eigenvalue weighted by Crippen LogP contribution is 2.24. The summed E-state index contributed by atoms with van der Waals surface area (Å²) in [5, 5.41) is 0.595. The number of halogens is 2. The fourth-order valence-electron chi connectivity index (χ4n) is 2.43. The molecule has 3 aromatic carbocycles. The van der Waals surface area contributed by atoms with Gasteiger partial charge in [0.2, 0.25) is 0 Å². The van der Waals surface area contributed by atoms with Crippen LogP contribution in [0.4, 0.5) is 10.1 Å². The molecule has 0 bridgehead atoms. The molecule has 3 rings (SSSR count). The lowest BCUT2D eigenvalue weighted by atomic mass is 10.2. The third-order valence-electron chi connectivity index (χ3n) is 3.78. The average Bonchev–Trinajstić information content (AvgIpc) is 2.68. The van der Waals surface area contributed by atoms with Crippen LogP contribution in [0.3, 0.4) is 0 Å². The van der Waals surface area contributed by atoms with Crippen LogP contribution in [0, 0.1) is 5.82 Å². The number of rotatable bonds is 7. The van der Waals surface area contributed by atoms with Crippen molar-refractivity contribution in [3.05, 3.63) is 88.7 Å². The van der Waals surface area contributed by atoms with Crippen molar-refractivity contribution in [3.8, 4) is 11.5 Å². The SMILES string of the molecule is CCOc1ccc(N=Cc2cc(Cl)ccc2OCc2ccc(F)cc2)cc1. The maximum absolute atomic E-state index is 13.0. The molecule has 0 aliphatic heterocycles. The monoisotopic (exact) mass is 383 g/mol. The van der Waals surface area contributed by atoms with Crippen molar-refractivity contribution < 1.29 is 13.9 Å². The molecule has 5 heteroatoms. The summed E-state index contributed by atoms with van der Waals surface area (Å²) in [7, 11) is 0. The molecule has 0 saturated heterocycles. The van der Waals surface area contributed by atoms with E-state index in [1.165, 1.54) is 12.1 Å². The molecule has 0 atom stereocenters. The van der Waals surface area contributed by atoms with Crippen LogP contribution in [0.25, 0.3) is 0 Å². The molecule has 0 aliphatic carbocycles. The standard InChI is InChI=1S/C22H19ClFNO2/c1-2-26-21-10-8-20(9-11-21)25-14-17-13-18(23)5-12-22(17)27-15-16-3-6-19(24)7-4-16/h3-14H,2,15H2,1H3. The van der Waals surface area contributed by atoms with E-state index >= 15 is 0 Å². The fraction of sp³-hybridized carbons (Fsp3) is 0.136. The third kappa shape index (κ3) is 5.56. The maximum Gasteiger partial charge on any atom is 0.128 e. The van der Waals surface area contributed by atoms with Gasteiger partial charge in [-0.15, -0.1) is 0 Å². The van der Waals surface area contributed by atoms with Crippen molar-refractivity contribution in [1.29, 1.82) is 0 Å². The number of benzene rings is 3. The van der Waals surface area contributed by atoms with E-state index < -0.39 is 0 Å². The lowest BCUT2D eigenvalue weighted by Gasteiger charge is -2.10. The average molecular weight is 384 g/mol. The molecule has 27 heavy (non-hydrogen) atoms. The smallest absolute Gasteiger partial charge is 0.128 e. The van der Waals surface area contributed by atoms with E-state index in [2.05, 4.69) is 4.99 Å². The second-order valence-electron chi connectivity index (χ2n) is 5.78. The summed E-state index contributed by atoms with van der Waals surface area (Å²) in [4.78, 5) is 4.48. The van der Waals surface area contributed by atoms with Gasteiger partial charge in [0.25, 0.3) is 0 Å². The van der Waals surface area contributed by atoms with E-state index in [4.69, 9.17) is 21.1 Å². The van der Waals surface area contributed by atoms with Crippen molar-refractivity contribution in [1.82, 2.24) is 0 Å². The first kappa shape index (κ1) is 18.9. The lowest BCUT2D eigenvalue weighted by Crippen LogP contribution is -1.98. The summed E-state index contributed by atoms with van der Waals surface area (Å²) in [6.45, 7) is 2.89. The van der Waals surface area contributed by atoms with E-state index in [9.17, 15) is 4.39 Å². The fourth-order valence-corrected chi connectivity index (χ4v) is 2.61. The second kappa shape index (κ2) is 9.19. The number of hydrogen-bond donors (Lipinski definition) is 0. The minimum absolute atomic E-state index is 0.270. The number of nitrogens with zero attached hydrogens (tertiary/aromatic N) is 1. The zero-order valence-corrected chi connectivity index (χ0v) is 15.6. The first-order valence-electron chi connectivity index (χ1n) is 8.58. The number of hydrogen-bond acceptors (Lipinski definition) is 3. The van der Waals surface area contributed by atoms with Gasteiger partial charge in [-0.25, -0.2) is 4.39 Å². The lowest BCUT2D eigenvalue weighted by molar-refractivity contribution is 0.305. The van der Waals surface area contributed by atoms with E-state index in [1.54, 1.807) is 36.5 Å². The largest absolute Gasteiger partial charge is 0.494 e. The van der Waals surface area contributed by atoms with Gasteiger partial charge in [-0.2, -0.15) is 0 Å². The molecule has 0 spiro atoms. The molecule has 0 amide bonds. The first-order chi connectivity index (χ1) is 13.1. The van der Waals surface area contributed by atoms with E-state index in [1.807, 2.05) is 31.2 Å². The molecule has 0 heterocycles. The summed E-state index contributed by atoms with van der Waals surface area (Å²) in [6, 6.07) is 19.1. The highest BCUT2D eigenvalue weighted by Gasteiger charge is 2.04. The Balaban J connectivity index is 1.74. The zero-order valence-electron chi connectivity index (χ0n) is 14.9. The van der Waals surface area contributed by atoms with Gasteiger partial charge in [0.1, 0.15) is 23.9 Å². The molecule has 0 saturated carbocycles. The Kier molecular flexibility index (Phi) is 6.44. The van der Waals surface area contributed by atoms with Gasteiger partial charge in [0.05, 0.1) is 12.3 Å². The Labute approximate surface area is 163 Å². The number of aliphatic imine (C=N–C) groups is 1. The summed E-state index contributed by atoms with van der Waals surface area (Å²) in [6.07, 6.45) is 1.71. The number of ether oxygens (including phenoxy) is 2. The van der Waals surface area contributed by atoms with E-state index in [0.717, 1.165) is 22.6 Å². The molecule has 138 valence electrons. The molecule has 0 aromatic heterocycles. The van der Waals surface area contributed by atoms with Crippen LogP contribution in [0.15, 0.2) is 71.7 Å². The van der Waals surface area contributed by atoms with Crippen LogP contribution < -0.4 is 9.47 Å². The van der Waals surface area contributed by atoms with Crippen LogP contribution >= 0.6 is 11.6 Å². The highest BCUT2D eigenvalue weighted by atomic mass is 35.5. The molecule has 0 fully saturated rings. The summed E-state index contributed by atoms with van der Waals surface area (Å²) < 4.78 is 24.3. The van der Waals surface area contributed by atoms with Crippen molar-refractivity contribution >= 4 is 23.5 Å². The minimum Gasteiger partial charge on any atom is -0.494 e. The highest BCUT2D eigenvalue weighted by molar-refractivity contribution is 6.30. The van der Waals surface area contributed by atoms with Crippen molar-refractivity contribution in [2.24, 2.45) is 4.99 Å². The Hall–Kier alpha value is -2.85. The van der Waals surface area contributed by atoms with Gasteiger partial charge < -0.3 is 9.47 Å². The molecule has 0 radical (unpaired) electrons. The zero-order chi connectivity index (χ0) is 19.1. The first-order valence-corrected chi connectivity index (χ1v) is 8.95. The summed E-state index contributed by atoms with van der Waals surface area (Å²) >= 11 is 6.11. The third-order valence-corrected chi connectivity index (χ3v) is 4.01. The van der Waals surface area contributed by atoms with Crippen LogP contribution in [-0.4, -0.2) is 12.8 Å². The second-order valence-corrected chi connectivity index (χ2v) is 6.22. The van der Waals surface area contributed by atoms with Crippen molar-refractivity contribution in [2.45, 2.75) is 13.5 Å². The molecule has 0 aliphatic rings. The summed E-state index contributed by atoms with van der Waals surface area (Å²) in [5.41, 5.74) is 2.43. The molecule has 0 N–H and O–H groups in total. The van der Waals surface area contributed by atoms with Crippen LogP contribution in [0.2, 0.25) is 5.02 Å². The van der Waals surface area contributed by atoms with Gasteiger partial charge in [-0.1, -0.05) is 23.7 Å². The van der Waals surface area contributed by atoms with E-state index in [0.29, 0.717) is 24.0 Å². The predicted molar refractivity (Wildman–Crippen MR) is 107 cm³/mol. The van der Waals surface area contributed by atoms with Crippen molar-refractivity contribution in [3.63, 3.8) is 0 Å². The molecule has 3 nitrogen and oxygen atoms in total.